The molecule has 100 valence electrons. The van der Waals surface area contributed by atoms with Crippen molar-refractivity contribution >= 4 is 45.4 Å². The first-order chi connectivity index (χ1) is 8.97. The number of aromatic nitrogens is 1. The zero-order chi connectivity index (χ0) is 14.0. The van der Waals surface area contributed by atoms with Gasteiger partial charge < -0.3 is 0 Å². The number of hydrogen-bond acceptors (Lipinski definition) is 4. The molecule has 0 aliphatic heterocycles. The van der Waals surface area contributed by atoms with Crippen LogP contribution in [0.5, 0.6) is 0 Å². The molecule has 0 aliphatic rings. The van der Waals surface area contributed by atoms with Crippen LogP contribution in [0.2, 0.25) is 10.0 Å². The Morgan fingerprint density at radius 2 is 2.00 bits per heavy atom. The number of aryl methyl sites for hydroxylation is 2. The summed E-state index contributed by atoms with van der Waals surface area (Å²) in [7, 11) is 0. The molecule has 0 amide bonds. The van der Waals surface area contributed by atoms with Gasteiger partial charge in [0.05, 0.1) is 21.5 Å². The van der Waals surface area contributed by atoms with E-state index in [1.54, 1.807) is 23.5 Å². The van der Waals surface area contributed by atoms with Crippen LogP contribution in [0.1, 0.15) is 23.1 Å². The zero-order valence-electron chi connectivity index (χ0n) is 10.8. The van der Waals surface area contributed by atoms with Gasteiger partial charge in [-0.1, -0.05) is 29.3 Å². The summed E-state index contributed by atoms with van der Waals surface area (Å²) >= 11 is 13.4. The Morgan fingerprint density at radius 1 is 1.26 bits per heavy atom. The molecule has 19 heavy (non-hydrogen) atoms. The van der Waals surface area contributed by atoms with Crippen molar-refractivity contribution in [2.75, 3.05) is 5.43 Å². The third-order valence-corrected chi connectivity index (χ3v) is 4.40. The van der Waals surface area contributed by atoms with Crippen LogP contribution in [0.4, 0.5) is 5.13 Å². The average Bonchev–Trinajstić information content (AvgIpc) is 2.69. The number of thiazole rings is 1. The van der Waals surface area contributed by atoms with Crippen molar-refractivity contribution in [1.29, 1.82) is 0 Å². The molecule has 1 heterocycles. The fraction of sp³-hybridized carbons (Fsp3) is 0.231. The van der Waals surface area contributed by atoms with E-state index in [0.717, 1.165) is 22.1 Å². The highest BCUT2D eigenvalue weighted by atomic mass is 35.5. The van der Waals surface area contributed by atoms with Gasteiger partial charge in [0.25, 0.3) is 0 Å². The highest BCUT2D eigenvalue weighted by Crippen LogP contribution is 2.24. The number of nitrogens with one attached hydrogen (secondary N) is 1. The minimum atomic E-state index is 0.523. The largest absolute Gasteiger partial charge is 0.252 e. The predicted molar refractivity (Wildman–Crippen MR) is 83.9 cm³/mol. The Balaban J connectivity index is 2.16. The minimum absolute atomic E-state index is 0.523. The number of rotatable bonds is 3. The highest BCUT2D eigenvalue weighted by Gasteiger charge is 2.04. The van der Waals surface area contributed by atoms with Crippen molar-refractivity contribution in [3.05, 3.63) is 44.4 Å². The summed E-state index contributed by atoms with van der Waals surface area (Å²) in [5, 5.41) is 6.15. The molecule has 0 saturated carbocycles. The van der Waals surface area contributed by atoms with Crippen LogP contribution in [-0.2, 0) is 0 Å². The summed E-state index contributed by atoms with van der Waals surface area (Å²) in [6.45, 7) is 5.92. The fourth-order valence-electron chi connectivity index (χ4n) is 1.44. The molecule has 0 unspecified atom stereocenters. The summed E-state index contributed by atoms with van der Waals surface area (Å²) in [5.41, 5.74) is 5.73. The molecule has 2 rings (SSSR count). The number of hydrazone groups is 1. The topological polar surface area (TPSA) is 37.3 Å². The Labute approximate surface area is 126 Å². The van der Waals surface area contributed by atoms with Gasteiger partial charge in [-0.2, -0.15) is 5.10 Å². The normalized spacial score (nSPS) is 11.7. The number of hydrogen-bond donors (Lipinski definition) is 1. The lowest BCUT2D eigenvalue weighted by molar-refractivity contribution is 1.19. The van der Waals surface area contributed by atoms with E-state index in [-0.39, 0.29) is 0 Å². The summed E-state index contributed by atoms with van der Waals surface area (Å²) in [6.07, 6.45) is 0. The van der Waals surface area contributed by atoms with Crippen LogP contribution in [0, 0.1) is 13.8 Å². The van der Waals surface area contributed by atoms with E-state index >= 15 is 0 Å². The number of halogens is 2. The van der Waals surface area contributed by atoms with Gasteiger partial charge in [-0.3, -0.25) is 5.43 Å². The van der Waals surface area contributed by atoms with Crippen LogP contribution in [0.25, 0.3) is 0 Å². The van der Waals surface area contributed by atoms with Crippen molar-refractivity contribution in [3.8, 4) is 0 Å². The molecule has 1 aromatic carbocycles. The molecule has 1 N–H and O–H groups in total. The van der Waals surface area contributed by atoms with Gasteiger partial charge in [0, 0.05) is 4.88 Å². The van der Waals surface area contributed by atoms with Crippen LogP contribution in [0.15, 0.2) is 23.3 Å². The fourth-order valence-corrected chi connectivity index (χ4v) is 2.49. The van der Waals surface area contributed by atoms with Crippen LogP contribution in [0.3, 0.4) is 0 Å². The monoisotopic (exact) mass is 313 g/mol. The maximum atomic E-state index is 5.98. The second kappa shape index (κ2) is 5.90. The van der Waals surface area contributed by atoms with Crippen molar-refractivity contribution in [3.63, 3.8) is 0 Å². The van der Waals surface area contributed by atoms with Crippen LogP contribution < -0.4 is 5.43 Å². The van der Waals surface area contributed by atoms with E-state index < -0.39 is 0 Å². The molecule has 2 aromatic rings. The maximum absolute atomic E-state index is 5.98. The van der Waals surface area contributed by atoms with Crippen LogP contribution in [-0.4, -0.2) is 10.7 Å². The van der Waals surface area contributed by atoms with E-state index in [4.69, 9.17) is 23.2 Å². The lowest BCUT2D eigenvalue weighted by atomic mass is 10.1. The zero-order valence-corrected chi connectivity index (χ0v) is 13.1. The first-order valence-electron chi connectivity index (χ1n) is 5.67. The Hall–Kier alpha value is -1.10. The van der Waals surface area contributed by atoms with E-state index in [1.165, 1.54) is 4.88 Å². The third kappa shape index (κ3) is 3.47. The molecular formula is C13H13Cl2N3S. The lowest BCUT2D eigenvalue weighted by Gasteiger charge is -2.03. The van der Waals surface area contributed by atoms with Gasteiger partial charge in [0.1, 0.15) is 0 Å². The number of anilines is 1. The van der Waals surface area contributed by atoms with E-state index in [0.29, 0.717) is 10.0 Å². The molecule has 0 aliphatic carbocycles. The minimum Gasteiger partial charge on any atom is -0.252 e. The average molecular weight is 314 g/mol. The summed E-state index contributed by atoms with van der Waals surface area (Å²) < 4.78 is 0. The van der Waals surface area contributed by atoms with Crippen LogP contribution >= 0.6 is 34.5 Å². The number of nitrogens with zero attached hydrogens (tertiary/aromatic N) is 2. The maximum Gasteiger partial charge on any atom is 0.203 e. The molecule has 0 saturated heterocycles. The molecule has 3 nitrogen and oxygen atoms in total. The first-order valence-corrected chi connectivity index (χ1v) is 7.24. The van der Waals surface area contributed by atoms with Crippen molar-refractivity contribution in [1.82, 2.24) is 4.98 Å². The Morgan fingerprint density at radius 3 is 2.58 bits per heavy atom. The quantitative estimate of drug-likeness (QED) is 0.646. The summed E-state index contributed by atoms with van der Waals surface area (Å²) in [4.78, 5) is 5.55. The molecule has 0 radical (unpaired) electrons. The van der Waals surface area contributed by atoms with Crippen molar-refractivity contribution in [2.45, 2.75) is 20.8 Å². The summed E-state index contributed by atoms with van der Waals surface area (Å²) in [6, 6.07) is 5.44. The summed E-state index contributed by atoms with van der Waals surface area (Å²) in [5.74, 6) is 0. The van der Waals surface area contributed by atoms with Gasteiger partial charge in [0.15, 0.2) is 0 Å². The molecule has 0 bridgehead atoms. The van der Waals surface area contributed by atoms with Crippen molar-refractivity contribution < 1.29 is 0 Å². The van der Waals surface area contributed by atoms with Gasteiger partial charge >= 0.3 is 0 Å². The van der Waals surface area contributed by atoms with Crippen molar-refractivity contribution in [2.24, 2.45) is 5.10 Å². The standard InChI is InChI=1S/C13H13Cl2N3S/c1-7-9(3)19-13(16-7)18-17-8(2)10-4-5-11(14)12(15)6-10/h4-6H,1-3H3,(H,16,18)/b17-8+. The molecule has 0 atom stereocenters. The second-order valence-corrected chi connectivity index (χ2v) is 6.12. The molecule has 0 fully saturated rings. The highest BCUT2D eigenvalue weighted by molar-refractivity contribution is 7.15. The third-order valence-electron chi connectivity index (χ3n) is 2.69. The van der Waals surface area contributed by atoms with E-state index in [2.05, 4.69) is 15.5 Å². The molecule has 0 spiro atoms. The Kier molecular flexibility index (Phi) is 4.45. The van der Waals surface area contributed by atoms with Gasteiger partial charge in [-0.25, -0.2) is 4.98 Å². The lowest BCUT2D eigenvalue weighted by Crippen LogP contribution is -1.99. The Bertz CT molecular complexity index is 615. The SMILES string of the molecule is C/C(=N\Nc1nc(C)c(C)s1)c1ccc(Cl)c(Cl)c1. The smallest absolute Gasteiger partial charge is 0.203 e. The second-order valence-electron chi connectivity index (χ2n) is 4.10. The van der Waals surface area contributed by atoms with E-state index in [9.17, 15) is 0 Å². The molecule has 6 heteroatoms. The number of benzene rings is 1. The van der Waals surface area contributed by atoms with Gasteiger partial charge in [-0.15, -0.1) is 11.3 Å². The van der Waals surface area contributed by atoms with Gasteiger partial charge in [0.2, 0.25) is 5.13 Å². The van der Waals surface area contributed by atoms with Gasteiger partial charge in [-0.05, 0) is 38.5 Å². The predicted octanol–water partition coefficient (Wildman–Crippen LogP) is 4.90. The molecular weight excluding hydrogens is 301 g/mol. The van der Waals surface area contributed by atoms with E-state index in [1.807, 2.05) is 26.8 Å². The first kappa shape index (κ1) is 14.3. The molecule has 1 aromatic heterocycles.